The van der Waals surface area contributed by atoms with E-state index in [4.69, 9.17) is 0 Å². The molecule has 96 valence electrons. The monoisotopic (exact) mass is 230 g/mol. The number of esters is 1. The molecule has 2 atom stereocenters. The smallest absolute Gasteiger partial charge is 0.308 e. The largest absolute Gasteiger partial charge is 0.469 e. The molecule has 2 unspecified atom stereocenters. The summed E-state index contributed by atoms with van der Waals surface area (Å²) in [5.74, 6) is -0.430. The van der Waals surface area contributed by atoms with Gasteiger partial charge in [0.15, 0.2) is 0 Å². The Morgan fingerprint density at radius 2 is 1.88 bits per heavy atom. The van der Waals surface area contributed by atoms with E-state index in [9.17, 15) is 9.90 Å². The van der Waals surface area contributed by atoms with Gasteiger partial charge in [0, 0.05) is 0 Å². The van der Waals surface area contributed by atoms with Gasteiger partial charge in [0.1, 0.15) is 0 Å². The first-order valence-corrected chi connectivity index (χ1v) is 6.37. The van der Waals surface area contributed by atoms with Crippen molar-refractivity contribution in [2.24, 2.45) is 5.92 Å². The third kappa shape index (κ3) is 7.69. The van der Waals surface area contributed by atoms with Gasteiger partial charge >= 0.3 is 5.97 Å². The van der Waals surface area contributed by atoms with Gasteiger partial charge in [-0.25, -0.2) is 0 Å². The van der Waals surface area contributed by atoms with Crippen molar-refractivity contribution in [3.05, 3.63) is 0 Å². The van der Waals surface area contributed by atoms with Crippen LogP contribution in [0.5, 0.6) is 0 Å². The second kappa shape index (κ2) is 9.64. The molecule has 0 aromatic heterocycles. The molecule has 3 heteroatoms. The number of aliphatic hydroxyl groups excluding tert-OH is 1. The molecule has 0 bridgehead atoms. The van der Waals surface area contributed by atoms with Crippen molar-refractivity contribution in [2.75, 3.05) is 7.11 Å². The summed E-state index contributed by atoms with van der Waals surface area (Å²) >= 11 is 0. The second-order valence-corrected chi connectivity index (χ2v) is 4.52. The van der Waals surface area contributed by atoms with Crippen LogP contribution in [-0.4, -0.2) is 24.3 Å². The minimum atomic E-state index is -0.365. The fraction of sp³-hybridized carbons (Fsp3) is 0.923. The van der Waals surface area contributed by atoms with E-state index in [-0.39, 0.29) is 18.0 Å². The van der Waals surface area contributed by atoms with Gasteiger partial charge in [-0.2, -0.15) is 0 Å². The Morgan fingerprint density at radius 1 is 1.25 bits per heavy atom. The van der Waals surface area contributed by atoms with Crippen molar-refractivity contribution in [1.82, 2.24) is 0 Å². The number of methoxy groups -OCH3 is 1. The quantitative estimate of drug-likeness (QED) is 0.489. The predicted molar refractivity (Wildman–Crippen MR) is 65.2 cm³/mol. The molecule has 0 aliphatic heterocycles. The molecule has 0 radical (unpaired) electrons. The summed E-state index contributed by atoms with van der Waals surface area (Å²) in [6.45, 7) is 3.99. The maximum Gasteiger partial charge on any atom is 0.308 e. The molecule has 16 heavy (non-hydrogen) atoms. The number of hydrogen-bond acceptors (Lipinski definition) is 3. The van der Waals surface area contributed by atoms with Crippen molar-refractivity contribution in [2.45, 2.75) is 64.9 Å². The van der Waals surface area contributed by atoms with Gasteiger partial charge < -0.3 is 9.84 Å². The lowest BCUT2D eigenvalue weighted by molar-refractivity contribution is -0.145. The minimum absolute atomic E-state index is 0.198. The van der Waals surface area contributed by atoms with Gasteiger partial charge in [-0.15, -0.1) is 0 Å². The number of carbonyl (C=O) groups is 1. The molecule has 0 aromatic carbocycles. The fourth-order valence-corrected chi connectivity index (χ4v) is 1.81. The number of ether oxygens (including phenoxy) is 1. The molecule has 0 amide bonds. The SMILES string of the molecule is CCCCCCCC(O)CC(C)C(=O)OC. The van der Waals surface area contributed by atoms with E-state index in [1.54, 1.807) is 6.92 Å². The third-order valence-corrected chi connectivity index (χ3v) is 2.87. The normalized spacial score (nSPS) is 14.5. The lowest BCUT2D eigenvalue weighted by atomic mass is 9.99. The number of rotatable bonds is 9. The van der Waals surface area contributed by atoms with Crippen molar-refractivity contribution < 1.29 is 14.6 Å². The summed E-state index contributed by atoms with van der Waals surface area (Å²) in [5, 5.41) is 9.71. The highest BCUT2D eigenvalue weighted by atomic mass is 16.5. The third-order valence-electron chi connectivity index (χ3n) is 2.87. The minimum Gasteiger partial charge on any atom is -0.469 e. The number of aliphatic hydroxyl groups is 1. The molecule has 0 rings (SSSR count). The average molecular weight is 230 g/mol. The van der Waals surface area contributed by atoms with Gasteiger partial charge in [0.05, 0.1) is 19.1 Å². The molecule has 1 N–H and O–H groups in total. The zero-order valence-corrected chi connectivity index (χ0v) is 10.9. The predicted octanol–water partition coefficient (Wildman–Crippen LogP) is 2.91. The zero-order valence-electron chi connectivity index (χ0n) is 10.9. The molecule has 0 heterocycles. The highest BCUT2D eigenvalue weighted by Gasteiger charge is 2.17. The maximum atomic E-state index is 11.1. The Bertz CT molecular complexity index is 180. The summed E-state index contributed by atoms with van der Waals surface area (Å²) in [6.07, 6.45) is 6.93. The summed E-state index contributed by atoms with van der Waals surface area (Å²) in [7, 11) is 1.38. The molecule has 0 saturated heterocycles. The maximum absolute atomic E-state index is 11.1. The van der Waals surface area contributed by atoms with Crippen molar-refractivity contribution >= 4 is 5.97 Å². The summed E-state index contributed by atoms with van der Waals surface area (Å²) in [5.41, 5.74) is 0. The lowest BCUT2D eigenvalue weighted by Gasteiger charge is -2.14. The number of carbonyl (C=O) groups excluding carboxylic acids is 1. The Hall–Kier alpha value is -0.570. The first-order chi connectivity index (χ1) is 7.61. The van der Waals surface area contributed by atoms with Gasteiger partial charge in [-0.05, 0) is 12.8 Å². The Morgan fingerprint density at radius 3 is 2.44 bits per heavy atom. The average Bonchev–Trinajstić information content (AvgIpc) is 2.27. The molecule has 3 nitrogen and oxygen atoms in total. The van der Waals surface area contributed by atoms with Crippen LogP contribution in [0.3, 0.4) is 0 Å². The van der Waals surface area contributed by atoms with E-state index in [0.29, 0.717) is 6.42 Å². The molecule has 0 fully saturated rings. The molecular formula is C13H26O3. The van der Waals surface area contributed by atoms with Crippen LogP contribution in [0, 0.1) is 5.92 Å². The van der Waals surface area contributed by atoms with Crippen LogP contribution in [0.25, 0.3) is 0 Å². The van der Waals surface area contributed by atoms with Crippen LogP contribution in [0.2, 0.25) is 0 Å². The first-order valence-electron chi connectivity index (χ1n) is 6.37. The number of hydrogen-bond donors (Lipinski definition) is 1. The highest BCUT2D eigenvalue weighted by molar-refractivity contribution is 5.71. The van der Waals surface area contributed by atoms with E-state index >= 15 is 0 Å². The van der Waals surface area contributed by atoms with E-state index in [0.717, 1.165) is 12.8 Å². The Labute approximate surface area is 99.2 Å². The van der Waals surface area contributed by atoms with Crippen molar-refractivity contribution in [1.29, 1.82) is 0 Å². The zero-order chi connectivity index (χ0) is 12.4. The Balaban J connectivity index is 3.50. The van der Waals surface area contributed by atoms with Gasteiger partial charge in [-0.1, -0.05) is 46.0 Å². The summed E-state index contributed by atoms with van der Waals surface area (Å²) in [6, 6.07) is 0. The highest BCUT2D eigenvalue weighted by Crippen LogP contribution is 2.14. The van der Waals surface area contributed by atoms with Gasteiger partial charge in [-0.3, -0.25) is 4.79 Å². The van der Waals surface area contributed by atoms with Crippen LogP contribution >= 0.6 is 0 Å². The fourth-order valence-electron chi connectivity index (χ4n) is 1.81. The van der Waals surface area contributed by atoms with Crippen molar-refractivity contribution in [3.63, 3.8) is 0 Å². The van der Waals surface area contributed by atoms with Gasteiger partial charge in [0.2, 0.25) is 0 Å². The van der Waals surface area contributed by atoms with E-state index in [1.807, 2.05) is 0 Å². The topological polar surface area (TPSA) is 46.5 Å². The molecule has 0 saturated carbocycles. The molecule has 0 aromatic rings. The molecular weight excluding hydrogens is 204 g/mol. The van der Waals surface area contributed by atoms with Crippen LogP contribution in [0.4, 0.5) is 0 Å². The molecule has 0 aliphatic carbocycles. The second-order valence-electron chi connectivity index (χ2n) is 4.52. The van der Waals surface area contributed by atoms with Crippen LogP contribution < -0.4 is 0 Å². The molecule has 0 aliphatic rings. The molecule has 0 spiro atoms. The number of unbranched alkanes of at least 4 members (excludes halogenated alkanes) is 4. The lowest BCUT2D eigenvalue weighted by Crippen LogP contribution is -2.19. The van der Waals surface area contributed by atoms with Crippen LogP contribution in [-0.2, 0) is 9.53 Å². The van der Waals surface area contributed by atoms with Crippen LogP contribution in [0.15, 0.2) is 0 Å². The van der Waals surface area contributed by atoms with E-state index < -0.39 is 0 Å². The standard InChI is InChI=1S/C13H26O3/c1-4-5-6-7-8-9-12(14)10-11(2)13(15)16-3/h11-12,14H,4-10H2,1-3H3. The van der Waals surface area contributed by atoms with Gasteiger partial charge in [0.25, 0.3) is 0 Å². The van der Waals surface area contributed by atoms with Crippen LogP contribution in [0.1, 0.15) is 58.8 Å². The van der Waals surface area contributed by atoms with Crippen molar-refractivity contribution in [3.8, 4) is 0 Å². The van der Waals surface area contributed by atoms with E-state index in [2.05, 4.69) is 11.7 Å². The first kappa shape index (κ1) is 15.4. The van der Waals surface area contributed by atoms with E-state index in [1.165, 1.54) is 32.8 Å². The Kier molecular flexibility index (Phi) is 9.30. The summed E-state index contributed by atoms with van der Waals surface area (Å²) in [4.78, 5) is 11.1. The summed E-state index contributed by atoms with van der Waals surface area (Å²) < 4.78 is 4.62.